The maximum Gasteiger partial charge on any atom is 0.338 e. The van der Waals surface area contributed by atoms with Gasteiger partial charge in [0.2, 0.25) is 0 Å². The largest absolute Gasteiger partial charge is 0.462 e. The highest BCUT2D eigenvalue weighted by molar-refractivity contribution is 5.89. The van der Waals surface area contributed by atoms with Gasteiger partial charge in [-0.15, -0.1) is 0 Å². The van der Waals surface area contributed by atoms with Crippen molar-refractivity contribution in [3.05, 3.63) is 47.8 Å². The molecule has 1 unspecified atom stereocenters. The maximum absolute atomic E-state index is 11.5. The van der Waals surface area contributed by atoms with Crippen LogP contribution in [-0.2, 0) is 11.8 Å². The van der Waals surface area contributed by atoms with Crippen molar-refractivity contribution in [1.29, 1.82) is 0 Å². The lowest BCUT2D eigenvalue weighted by Gasteiger charge is -2.13. The molecule has 0 spiro atoms. The highest BCUT2D eigenvalue weighted by atomic mass is 16.5. The van der Waals surface area contributed by atoms with Crippen molar-refractivity contribution >= 4 is 11.7 Å². The third-order valence-electron chi connectivity index (χ3n) is 3.00. The molecule has 0 aliphatic rings. The van der Waals surface area contributed by atoms with Gasteiger partial charge < -0.3 is 10.1 Å². The van der Waals surface area contributed by atoms with E-state index in [-0.39, 0.29) is 12.0 Å². The average Bonchev–Trinajstić information content (AvgIpc) is 2.86. The summed E-state index contributed by atoms with van der Waals surface area (Å²) in [6.45, 7) is 4.25. The van der Waals surface area contributed by atoms with E-state index in [1.807, 2.05) is 31.6 Å². The Morgan fingerprint density at radius 2 is 2.10 bits per heavy atom. The molecule has 5 nitrogen and oxygen atoms in total. The zero-order valence-corrected chi connectivity index (χ0v) is 12.0. The fraction of sp³-hybridized carbons (Fsp3) is 0.333. The standard InChI is InChI=1S/C15H19N3O2/c1-4-20-15(19)12-5-7-14(8-6-12)17-11(2)13-9-16-18(3)10-13/h5-11,17H,4H2,1-3H3. The molecule has 1 atom stereocenters. The Morgan fingerprint density at radius 3 is 2.65 bits per heavy atom. The summed E-state index contributed by atoms with van der Waals surface area (Å²) in [7, 11) is 1.89. The molecule has 0 amide bonds. The molecule has 0 aliphatic carbocycles. The van der Waals surface area contributed by atoms with Crippen molar-refractivity contribution in [1.82, 2.24) is 9.78 Å². The van der Waals surface area contributed by atoms with Crippen molar-refractivity contribution in [3.63, 3.8) is 0 Å². The summed E-state index contributed by atoms with van der Waals surface area (Å²) in [5.41, 5.74) is 2.63. The van der Waals surface area contributed by atoms with Crippen LogP contribution < -0.4 is 5.32 Å². The fourth-order valence-electron chi connectivity index (χ4n) is 1.91. The molecule has 1 aromatic heterocycles. The second-order valence-corrected chi connectivity index (χ2v) is 4.61. The summed E-state index contributed by atoms with van der Waals surface area (Å²) in [5.74, 6) is -0.292. The lowest BCUT2D eigenvalue weighted by Crippen LogP contribution is -2.07. The lowest BCUT2D eigenvalue weighted by molar-refractivity contribution is 0.0526. The van der Waals surface area contributed by atoms with Crippen molar-refractivity contribution in [2.45, 2.75) is 19.9 Å². The molecule has 5 heteroatoms. The van der Waals surface area contributed by atoms with Gasteiger partial charge in [0.15, 0.2) is 0 Å². The summed E-state index contributed by atoms with van der Waals surface area (Å²) in [6, 6.07) is 7.42. The van der Waals surface area contributed by atoms with E-state index in [1.165, 1.54) is 0 Å². The highest BCUT2D eigenvalue weighted by Gasteiger charge is 2.09. The zero-order valence-electron chi connectivity index (χ0n) is 12.0. The second-order valence-electron chi connectivity index (χ2n) is 4.61. The summed E-state index contributed by atoms with van der Waals surface area (Å²) in [5, 5.41) is 7.52. The number of ether oxygens (including phenoxy) is 1. The van der Waals surface area contributed by atoms with Crippen LogP contribution in [0.25, 0.3) is 0 Å². The third-order valence-corrected chi connectivity index (χ3v) is 3.00. The first-order valence-electron chi connectivity index (χ1n) is 6.62. The number of nitrogens with one attached hydrogen (secondary N) is 1. The molecule has 0 saturated heterocycles. The van der Waals surface area contributed by atoms with E-state index in [1.54, 1.807) is 23.7 Å². The fourth-order valence-corrected chi connectivity index (χ4v) is 1.91. The topological polar surface area (TPSA) is 56.1 Å². The van der Waals surface area contributed by atoms with Gasteiger partial charge in [-0.25, -0.2) is 4.79 Å². The molecule has 1 N–H and O–H groups in total. The van der Waals surface area contributed by atoms with E-state index < -0.39 is 0 Å². The Morgan fingerprint density at radius 1 is 1.40 bits per heavy atom. The van der Waals surface area contributed by atoms with Crippen LogP contribution in [0.1, 0.15) is 35.8 Å². The number of aryl methyl sites for hydroxylation is 1. The van der Waals surface area contributed by atoms with Crippen LogP contribution in [-0.4, -0.2) is 22.4 Å². The number of esters is 1. The molecule has 0 fully saturated rings. The van der Waals surface area contributed by atoms with Gasteiger partial charge in [-0.3, -0.25) is 4.68 Å². The monoisotopic (exact) mass is 273 g/mol. The average molecular weight is 273 g/mol. The number of hydrogen-bond acceptors (Lipinski definition) is 4. The summed E-state index contributed by atoms with van der Waals surface area (Å²) in [4.78, 5) is 11.5. The van der Waals surface area contributed by atoms with E-state index in [2.05, 4.69) is 17.3 Å². The Bertz CT molecular complexity index is 575. The number of carbonyl (C=O) groups excluding carboxylic acids is 1. The Balaban J connectivity index is 2.01. The minimum absolute atomic E-state index is 0.150. The van der Waals surface area contributed by atoms with Crippen LogP contribution in [0.2, 0.25) is 0 Å². The van der Waals surface area contributed by atoms with Gasteiger partial charge in [0, 0.05) is 24.5 Å². The van der Waals surface area contributed by atoms with Crippen molar-refractivity contribution in [2.24, 2.45) is 7.05 Å². The number of benzene rings is 1. The van der Waals surface area contributed by atoms with Crippen LogP contribution in [0.5, 0.6) is 0 Å². The minimum atomic E-state index is -0.292. The molecule has 0 bridgehead atoms. The van der Waals surface area contributed by atoms with Crippen LogP contribution in [0.15, 0.2) is 36.7 Å². The zero-order chi connectivity index (χ0) is 14.5. The first-order chi connectivity index (χ1) is 9.60. The Labute approximate surface area is 118 Å². The van der Waals surface area contributed by atoms with Gasteiger partial charge in [-0.2, -0.15) is 5.10 Å². The quantitative estimate of drug-likeness (QED) is 0.851. The summed E-state index contributed by atoms with van der Waals surface area (Å²) >= 11 is 0. The number of anilines is 1. The van der Waals surface area contributed by atoms with Crippen LogP contribution in [0.3, 0.4) is 0 Å². The molecule has 106 valence electrons. The first-order valence-corrected chi connectivity index (χ1v) is 6.62. The second kappa shape index (κ2) is 6.23. The third kappa shape index (κ3) is 3.38. The summed E-state index contributed by atoms with van der Waals surface area (Å²) < 4.78 is 6.73. The Hall–Kier alpha value is -2.30. The molecule has 0 saturated carbocycles. The van der Waals surface area contributed by atoms with E-state index in [0.29, 0.717) is 12.2 Å². The Kier molecular flexibility index (Phi) is 4.40. The van der Waals surface area contributed by atoms with E-state index in [4.69, 9.17) is 4.74 Å². The molecule has 20 heavy (non-hydrogen) atoms. The summed E-state index contributed by atoms with van der Waals surface area (Å²) in [6.07, 6.45) is 3.81. The van der Waals surface area contributed by atoms with Crippen LogP contribution >= 0.6 is 0 Å². The molecule has 2 aromatic rings. The molecular weight excluding hydrogens is 254 g/mol. The predicted molar refractivity (Wildman–Crippen MR) is 77.6 cm³/mol. The van der Waals surface area contributed by atoms with Crippen molar-refractivity contribution in [3.8, 4) is 0 Å². The molecule has 1 heterocycles. The lowest BCUT2D eigenvalue weighted by atomic mass is 10.1. The van der Waals surface area contributed by atoms with Gasteiger partial charge in [0.1, 0.15) is 0 Å². The normalized spacial score (nSPS) is 11.9. The van der Waals surface area contributed by atoms with Gasteiger partial charge in [0.05, 0.1) is 24.4 Å². The predicted octanol–water partition coefficient (Wildman–Crippen LogP) is 2.77. The van der Waals surface area contributed by atoms with E-state index in [9.17, 15) is 4.79 Å². The minimum Gasteiger partial charge on any atom is -0.462 e. The van der Waals surface area contributed by atoms with Gasteiger partial charge >= 0.3 is 5.97 Å². The SMILES string of the molecule is CCOC(=O)c1ccc(NC(C)c2cnn(C)c2)cc1. The molecule has 0 radical (unpaired) electrons. The number of rotatable bonds is 5. The highest BCUT2D eigenvalue weighted by Crippen LogP contribution is 2.19. The molecule has 0 aliphatic heterocycles. The number of carbonyl (C=O) groups is 1. The number of nitrogens with zero attached hydrogens (tertiary/aromatic N) is 2. The van der Waals surface area contributed by atoms with E-state index in [0.717, 1.165) is 11.3 Å². The molecular formula is C15H19N3O2. The number of aromatic nitrogens is 2. The number of hydrogen-bond donors (Lipinski definition) is 1. The molecule has 1 aromatic carbocycles. The molecule has 2 rings (SSSR count). The van der Waals surface area contributed by atoms with Gasteiger partial charge in [-0.1, -0.05) is 0 Å². The van der Waals surface area contributed by atoms with Crippen LogP contribution in [0.4, 0.5) is 5.69 Å². The maximum atomic E-state index is 11.5. The van der Waals surface area contributed by atoms with Gasteiger partial charge in [-0.05, 0) is 38.1 Å². The van der Waals surface area contributed by atoms with Crippen molar-refractivity contribution in [2.75, 3.05) is 11.9 Å². The van der Waals surface area contributed by atoms with E-state index >= 15 is 0 Å². The van der Waals surface area contributed by atoms with Crippen molar-refractivity contribution < 1.29 is 9.53 Å². The first kappa shape index (κ1) is 14.1. The van der Waals surface area contributed by atoms with Gasteiger partial charge in [0.25, 0.3) is 0 Å². The smallest absolute Gasteiger partial charge is 0.338 e. The van der Waals surface area contributed by atoms with Crippen LogP contribution in [0, 0.1) is 0 Å².